The van der Waals surface area contributed by atoms with Gasteiger partial charge in [0.2, 0.25) is 11.8 Å². The number of amides is 5. The third-order valence-electron chi connectivity index (χ3n) is 5.21. The average molecular weight is 386 g/mol. The van der Waals surface area contributed by atoms with Crippen molar-refractivity contribution in [2.24, 2.45) is 0 Å². The molecule has 0 spiro atoms. The van der Waals surface area contributed by atoms with Crippen LogP contribution in [0.4, 0.5) is 5.69 Å². The highest BCUT2D eigenvalue weighted by Crippen LogP contribution is 2.39. The fourth-order valence-corrected chi connectivity index (χ4v) is 3.81. The molecule has 0 aromatic heterocycles. The Balaban J connectivity index is 1.90. The number of unbranched alkanes of at least 4 members (excludes halogenated alkanes) is 1. The number of rotatable bonds is 6. The summed E-state index contributed by atoms with van der Waals surface area (Å²) in [4.78, 5) is 62.5. The minimum Gasteiger partial charge on any atom is -0.398 e. The number of fused-ring (bicyclic) bond motifs is 1. The summed E-state index contributed by atoms with van der Waals surface area (Å²) in [5.41, 5.74) is 4.86. The van der Waals surface area contributed by atoms with Crippen LogP contribution in [0.3, 0.4) is 0 Å². The number of nitrogens with two attached hydrogens (primary N) is 1. The van der Waals surface area contributed by atoms with Gasteiger partial charge in [-0.05, 0) is 37.8 Å². The number of nitrogens with zero attached hydrogens (tertiary/aromatic N) is 1. The lowest BCUT2D eigenvalue weighted by Crippen LogP contribution is -2.64. The molecule has 3 rings (SSSR count). The van der Waals surface area contributed by atoms with Crippen LogP contribution in [-0.2, 0) is 14.4 Å². The van der Waals surface area contributed by atoms with Crippen molar-refractivity contribution in [3.05, 3.63) is 29.3 Å². The Morgan fingerprint density at radius 2 is 1.96 bits per heavy atom. The number of nitrogens with one attached hydrogen (secondary N) is 2. The van der Waals surface area contributed by atoms with Crippen molar-refractivity contribution in [2.45, 2.75) is 44.6 Å². The van der Waals surface area contributed by atoms with Crippen molar-refractivity contribution in [2.75, 3.05) is 12.3 Å². The molecule has 1 aromatic rings. The molecule has 2 heterocycles. The smallest absolute Gasteiger partial charge is 0.264 e. The number of nitrogen functional groups attached to an aromatic ring is 1. The normalized spacial score (nSPS) is 21.5. The van der Waals surface area contributed by atoms with Crippen molar-refractivity contribution >= 4 is 35.2 Å². The van der Waals surface area contributed by atoms with Gasteiger partial charge >= 0.3 is 0 Å². The third-order valence-corrected chi connectivity index (χ3v) is 5.21. The van der Waals surface area contributed by atoms with E-state index in [1.807, 2.05) is 0 Å². The first-order valence-electron chi connectivity index (χ1n) is 9.14. The maximum atomic E-state index is 13.0. The van der Waals surface area contributed by atoms with Gasteiger partial charge in [-0.3, -0.25) is 34.2 Å². The van der Waals surface area contributed by atoms with Gasteiger partial charge in [0.15, 0.2) is 0 Å². The Labute approximate surface area is 161 Å². The van der Waals surface area contributed by atoms with Gasteiger partial charge in [-0.15, -0.1) is 0 Å². The van der Waals surface area contributed by atoms with Crippen LogP contribution in [0.5, 0.6) is 0 Å². The van der Waals surface area contributed by atoms with Crippen LogP contribution in [0.2, 0.25) is 0 Å². The van der Waals surface area contributed by atoms with Crippen molar-refractivity contribution < 1.29 is 24.0 Å². The van der Waals surface area contributed by atoms with Crippen molar-refractivity contribution in [1.82, 2.24) is 15.5 Å². The van der Waals surface area contributed by atoms with Crippen LogP contribution in [0, 0.1) is 0 Å². The summed E-state index contributed by atoms with van der Waals surface area (Å²) in [5.74, 6) is -2.46. The number of hydrogen-bond acceptors (Lipinski definition) is 6. The Bertz CT molecular complexity index is 881. The monoisotopic (exact) mass is 386 g/mol. The number of hydrogen-bond donors (Lipinski definition) is 3. The van der Waals surface area contributed by atoms with Crippen molar-refractivity contribution in [3.63, 3.8) is 0 Å². The molecular weight excluding hydrogens is 364 g/mol. The standard InChI is InChI=1S/C19H22N4O5/c1-11(24)21-10-3-2-8-19(9-7-14(25)22-18(19)28)23-16(26)12-5-4-6-13(20)15(12)17(23)27/h4-6H,2-3,7-10,20H2,1H3,(H,21,24)(H,22,25,28). The Hall–Kier alpha value is -3.23. The number of benzene rings is 1. The maximum absolute atomic E-state index is 13.0. The Morgan fingerprint density at radius 3 is 2.61 bits per heavy atom. The lowest BCUT2D eigenvalue weighted by molar-refractivity contribution is -0.142. The average Bonchev–Trinajstić information content (AvgIpc) is 2.89. The highest BCUT2D eigenvalue weighted by atomic mass is 16.2. The SMILES string of the molecule is CC(=O)NCCCCC1(N2C(=O)c3cccc(N)c3C2=O)CCC(=O)NC1=O. The van der Waals surface area contributed by atoms with Crippen LogP contribution >= 0.6 is 0 Å². The van der Waals surface area contributed by atoms with E-state index < -0.39 is 29.2 Å². The second-order valence-corrected chi connectivity index (χ2v) is 7.06. The predicted molar refractivity (Wildman–Crippen MR) is 99.0 cm³/mol. The molecule has 28 heavy (non-hydrogen) atoms. The summed E-state index contributed by atoms with van der Waals surface area (Å²) >= 11 is 0. The number of anilines is 1. The summed E-state index contributed by atoms with van der Waals surface area (Å²) < 4.78 is 0. The molecular formula is C19H22N4O5. The van der Waals surface area contributed by atoms with E-state index in [-0.39, 0.29) is 42.0 Å². The lowest BCUT2D eigenvalue weighted by atomic mass is 9.82. The van der Waals surface area contributed by atoms with Crippen molar-refractivity contribution in [1.29, 1.82) is 0 Å². The number of imide groups is 2. The first-order valence-corrected chi connectivity index (χ1v) is 9.14. The minimum absolute atomic E-state index is 0.0281. The van der Waals surface area contributed by atoms with Crippen LogP contribution in [0.15, 0.2) is 18.2 Å². The second-order valence-electron chi connectivity index (χ2n) is 7.06. The zero-order valence-corrected chi connectivity index (χ0v) is 15.5. The zero-order valence-electron chi connectivity index (χ0n) is 15.5. The summed E-state index contributed by atoms with van der Waals surface area (Å²) in [6.45, 7) is 1.83. The summed E-state index contributed by atoms with van der Waals surface area (Å²) in [7, 11) is 0. The molecule has 9 nitrogen and oxygen atoms in total. The molecule has 5 amide bonds. The maximum Gasteiger partial charge on any atom is 0.264 e. The van der Waals surface area contributed by atoms with Crippen LogP contribution in [0.1, 0.15) is 59.7 Å². The van der Waals surface area contributed by atoms with Crippen molar-refractivity contribution in [3.8, 4) is 0 Å². The van der Waals surface area contributed by atoms with Gasteiger partial charge in [0.1, 0.15) is 5.54 Å². The molecule has 0 radical (unpaired) electrons. The Morgan fingerprint density at radius 1 is 1.21 bits per heavy atom. The predicted octanol–water partition coefficient (Wildman–Crippen LogP) is 0.347. The first-order chi connectivity index (χ1) is 13.3. The summed E-state index contributed by atoms with van der Waals surface area (Å²) in [6, 6.07) is 4.60. The van der Waals surface area contributed by atoms with E-state index in [1.165, 1.54) is 19.1 Å². The molecule has 148 valence electrons. The molecule has 2 aliphatic heterocycles. The Kier molecular flexibility index (Phi) is 5.17. The fraction of sp³-hybridized carbons (Fsp3) is 0.421. The number of piperidine rings is 1. The van der Waals surface area contributed by atoms with E-state index in [1.54, 1.807) is 6.07 Å². The molecule has 4 N–H and O–H groups in total. The van der Waals surface area contributed by atoms with E-state index in [9.17, 15) is 24.0 Å². The van der Waals surface area contributed by atoms with Crippen LogP contribution in [0.25, 0.3) is 0 Å². The fourth-order valence-electron chi connectivity index (χ4n) is 3.81. The zero-order chi connectivity index (χ0) is 20.5. The molecule has 0 aliphatic carbocycles. The van der Waals surface area contributed by atoms with Gasteiger partial charge in [-0.25, -0.2) is 0 Å². The topological polar surface area (TPSA) is 139 Å². The largest absolute Gasteiger partial charge is 0.398 e. The van der Waals surface area contributed by atoms with E-state index >= 15 is 0 Å². The van der Waals surface area contributed by atoms with Gasteiger partial charge in [0, 0.05) is 25.6 Å². The molecule has 0 bridgehead atoms. The first kappa shape index (κ1) is 19.5. The van der Waals surface area contributed by atoms with Crippen LogP contribution in [-0.4, -0.2) is 46.5 Å². The molecule has 1 unspecified atom stereocenters. The molecule has 1 saturated heterocycles. The molecule has 0 saturated carbocycles. The lowest BCUT2D eigenvalue weighted by Gasteiger charge is -2.41. The molecule has 2 aliphatic rings. The number of carbonyl (C=O) groups is 5. The highest BCUT2D eigenvalue weighted by molar-refractivity contribution is 6.26. The summed E-state index contributed by atoms with van der Waals surface area (Å²) in [5, 5.41) is 4.93. The summed E-state index contributed by atoms with van der Waals surface area (Å²) in [6.07, 6.45) is 1.32. The van der Waals surface area contributed by atoms with Gasteiger partial charge in [0.05, 0.1) is 11.1 Å². The van der Waals surface area contributed by atoms with Crippen LogP contribution < -0.4 is 16.4 Å². The minimum atomic E-state index is -1.45. The van der Waals surface area contributed by atoms with E-state index in [4.69, 9.17) is 5.73 Å². The molecule has 9 heteroatoms. The third kappa shape index (κ3) is 3.23. The highest BCUT2D eigenvalue weighted by Gasteiger charge is 2.55. The molecule has 1 atom stereocenters. The second kappa shape index (κ2) is 7.41. The van der Waals surface area contributed by atoms with E-state index in [0.29, 0.717) is 19.4 Å². The van der Waals surface area contributed by atoms with Gasteiger partial charge in [-0.1, -0.05) is 6.07 Å². The van der Waals surface area contributed by atoms with Gasteiger partial charge in [0.25, 0.3) is 17.7 Å². The number of carbonyl (C=O) groups excluding carboxylic acids is 5. The van der Waals surface area contributed by atoms with Gasteiger partial charge < -0.3 is 11.1 Å². The molecule has 1 aromatic carbocycles. The quantitative estimate of drug-likeness (QED) is 0.366. The van der Waals surface area contributed by atoms with Gasteiger partial charge in [-0.2, -0.15) is 0 Å². The van der Waals surface area contributed by atoms with E-state index in [2.05, 4.69) is 10.6 Å². The molecule has 1 fully saturated rings. The van der Waals surface area contributed by atoms with E-state index in [0.717, 1.165) is 4.90 Å².